The first kappa shape index (κ1) is 13.4. The predicted octanol–water partition coefficient (Wildman–Crippen LogP) is 1.85. The molecule has 2 heterocycles. The summed E-state index contributed by atoms with van der Waals surface area (Å²) in [5.74, 6) is 0.816. The summed E-state index contributed by atoms with van der Waals surface area (Å²) in [5, 5.41) is 9.89. The first-order valence-corrected chi connectivity index (χ1v) is 6.75. The number of rotatable bonds is 2. The molecule has 2 aromatic rings. The lowest BCUT2D eigenvalue weighted by Gasteiger charge is -2.24. The molecule has 0 unspecified atom stereocenters. The van der Waals surface area contributed by atoms with Crippen LogP contribution in [0.3, 0.4) is 0 Å². The van der Waals surface area contributed by atoms with Gasteiger partial charge in [-0.05, 0) is 5.56 Å². The number of anilines is 2. The monoisotopic (exact) mass is 284 g/mol. The normalized spacial score (nSPS) is 17.0. The van der Waals surface area contributed by atoms with Gasteiger partial charge in [0.25, 0.3) is 0 Å². The van der Waals surface area contributed by atoms with Crippen LogP contribution in [0.5, 0.6) is 0 Å². The number of carbonyl (C=O) groups excluding carboxylic acids is 2. The van der Waals surface area contributed by atoms with E-state index in [0.717, 1.165) is 11.1 Å². The minimum absolute atomic E-state index is 0.0475. The van der Waals surface area contributed by atoms with Crippen LogP contribution < -0.4 is 10.6 Å². The molecule has 2 amide bonds. The van der Waals surface area contributed by atoms with E-state index in [2.05, 4.69) is 15.7 Å². The Kier molecular flexibility index (Phi) is 3.21. The van der Waals surface area contributed by atoms with Gasteiger partial charge in [-0.1, -0.05) is 30.3 Å². The zero-order valence-electron chi connectivity index (χ0n) is 11.9. The number of aromatic nitrogens is 2. The van der Waals surface area contributed by atoms with Crippen molar-refractivity contribution in [1.29, 1.82) is 0 Å². The van der Waals surface area contributed by atoms with Crippen LogP contribution in [0.4, 0.5) is 11.6 Å². The highest BCUT2D eigenvalue weighted by Gasteiger charge is 2.33. The van der Waals surface area contributed by atoms with Crippen LogP contribution in [0.1, 0.15) is 30.4 Å². The Labute approximate surface area is 122 Å². The topological polar surface area (TPSA) is 76.0 Å². The number of fused-ring (bicyclic) bond motifs is 1. The Balaban J connectivity index is 2.14. The molecule has 0 bridgehead atoms. The summed E-state index contributed by atoms with van der Waals surface area (Å²) in [6.07, 6.45) is 0.343. The highest BCUT2D eigenvalue weighted by atomic mass is 16.2. The van der Waals surface area contributed by atoms with E-state index in [1.54, 1.807) is 11.7 Å². The van der Waals surface area contributed by atoms with Crippen molar-refractivity contribution in [1.82, 2.24) is 9.78 Å². The average molecular weight is 284 g/mol. The SMILES string of the molecule is CC(=O)Nc1nn(C)c2c1[C@@H](c1ccccc1)CC(=O)N2. The van der Waals surface area contributed by atoms with Gasteiger partial charge in [0.2, 0.25) is 11.8 Å². The van der Waals surface area contributed by atoms with Gasteiger partial charge in [-0.15, -0.1) is 0 Å². The molecular formula is C15H16N4O2. The summed E-state index contributed by atoms with van der Waals surface area (Å²) in [6.45, 7) is 1.44. The number of amides is 2. The van der Waals surface area contributed by atoms with Crippen molar-refractivity contribution in [2.24, 2.45) is 7.05 Å². The zero-order chi connectivity index (χ0) is 15.0. The van der Waals surface area contributed by atoms with Crippen molar-refractivity contribution in [2.45, 2.75) is 19.3 Å². The van der Waals surface area contributed by atoms with E-state index < -0.39 is 0 Å². The average Bonchev–Trinajstić information content (AvgIpc) is 2.75. The third kappa shape index (κ3) is 2.40. The Bertz CT molecular complexity index is 706. The number of nitrogens with one attached hydrogen (secondary N) is 2. The standard InChI is InChI=1S/C15H16N4O2/c1-9(20)16-14-13-11(10-6-4-3-5-7-10)8-12(21)17-15(13)19(2)18-14/h3-7,11H,8H2,1-2H3,(H,17,21)(H,16,18,20)/t11-/m1/s1. The van der Waals surface area contributed by atoms with Crippen molar-refractivity contribution in [2.75, 3.05) is 10.6 Å². The molecule has 108 valence electrons. The van der Waals surface area contributed by atoms with Crippen molar-refractivity contribution in [3.8, 4) is 0 Å². The van der Waals surface area contributed by atoms with Gasteiger partial charge in [0.1, 0.15) is 5.82 Å². The van der Waals surface area contributed by atoms with Crippen molar-refractivity contribution in [3.05, 3.63) is 41.5 Å². The predicted molar refractivity (Wildman–Crippen MR) is 79.0 cm³/mol. The van der Waals surface area contributed by atoms with E-state index in [4.69, 9.17) is 0 Å². The maximum absolute atomic E-state index is 12.0. The second-order valence-electron chi connectivity index (χ2n) is 5.13. The van der Waals surface area contributed by atoms with Crippen LogP contribution in [0, 0.1) is 0 Å². The number of carbonyl (C=O) groups is 2. The molecule has 1 aliphatic heterocycles. The molecule has 1 aromatic carbocycles. The first-order valence-electron chi connectivity index (χ1n) is 6.75. The minimum atomic E-state index is -0.181. The Hall–Kier alpha value is -2.63. The largest absolute Gasteiger partial charge is 0.311 e. The lowest BCUT2D eigenvalue weighted by atomic mass is 9.86. The Morgan fingerprint density at radius 1 is 1.38 bits per heavy atom. The fourth-order valence-corrected chi connectivity index (χ4v) is 2.72. The number of nitrogens with zero attached hydrogens (tertiary/aromatic N) is 2. The van der Waals surface area contributed by atoms with Gasteiger partial charge < -0.3 is 10.6 Å². The number of hydrogen-bond acceptors (Lipinski definition) is 3. The van der Waals surface area contributed by atoms with Crippen LogP contribution >= 0.6 is 0 Å². The smallest absolute Gasteiger partial charge is 0.226 e. The van der Waals surface area contributed by atoms with Gasteiger partial charge in [-0.3, -0.25) is 14.3 Å². The molecule has 1 aliphatic rings. The summed E-state index contributed by atoms with van der Waals surface area (Å²) in [6, 6.07) is 9.78. The van der Waals surface area contributed by atoms with Crippen LogP contribution in [0.15, 0.2) is 30.3 Å². The number of benzene rings is 1. The first-order chi connectivity index (χ1) is 10.1. The summed E-state index contributed by atoms with van der Waals surface area (Å²) < 4.78 is 1.59. The van der Waals surface area contributed by atoms with Crippen LogP contribution in [-0.4, -0.2) is 21.6 Å². The number of aryl methyl sites for hydroxylation is 1. The van der Waals surface area contributed by atoms with Crippen LogP contribution in [-0.2, 0) is 16.6 Å². The summed E-state index contributed by atoms with van der Waals surface area (Å²) >= 11 is 0. The van der Waals surface area contributed by atoms with E-state index in [1.807, 2.05) is 30.3 Å². The van der Waals surface area contributed by atoms with Crippen molar-refractivity contribution < 1.29 is 9.59 Å². The molecule has 0 spiro atoms. The highest BCUT2D eigenvalue weighted by Crippen LogP contribution is 2.41. The number of hydrogen-bond donors (Lipinski definition) is 2. The minimum Gasteiger partial charge on any atom is -0.311 e. The van der Waals surface area contributed by atoms with Gasteiger partial charge in [0.05, 0.1) is 0 Å². The molecule has 1 aromatic heterocycles. The van der Waals surface area contributed by atoms with Gasteiger partial charge >= 0.3 is 0 Å². The third-order valence-electron chi connectivity index (χ3n) is 3.58. The molecule has 21 heavy (non-hydrogen) atoms. The fraction of sp³-hybridized carbons (Fsp3) is 0.267. The molecule has 6 heteroatoms. The van der Waals surface area contributed by atoms with Crippen molar-refractivity contribution >= 4 is 23.5 Å². The molecule has 1 atom stereocenters. The Morgan fingerprint density at radius 3 is 2.76 bits per heavy atom. The van der Waals surface area contributed by atoms with E-state index in [-0.39, 0.29) is 17.7 Å². The third-order valence-corrected chi connectivity index (χ3v) is 3.58. The van der Waals surface area contributed by atoms with Gasteiger partial charge in [0, 0.05) is 31.9 Å². The molecule has 2 N–H and O–H groups in total. The van der Waals surface area contributed by atoms with Crippen LogP contribution in [0.25, 0.3) is 0 Å². The molecule has 0 aliphatic carbocycles. The molecule has 0 saturated heterocycles. The highest BCUT2D eigenvalue weighted by molar-refractivity contribution is 5.97. The molecule has 0 radical (unpaired) electrons. The lowest BCUT2D eigenvalue weighted by molar-refractivity contribution is -0.116. The maximum Gasteiger partial charge on any atom is 0.226 e. The second-order valence-corrected chi connectivity index (χ2v) is 5.13. The van der Waals surface area contributed by atoms with Gasteiger partial charge in [-0.2, -0.15) is 5.10 Å². The van der Waals surface area contributed by atoms with E-state index in [0.29, 0.717) is 18.1 Å². The fourth-order valence-electron chi connectivity index (χ4n) is 2.72. The lowest BCUT2D eigenvalue weighted by Crippen LogP contribution is -2.25. The molecule has 0 fully saturated rings. The second kappa shape index (κ2) is 5.05. The van der Waals surface area contributed by atoms with E-state index in [1.165, 1.54) is 6.92 Å². The van der Waals surface area contributed by atoms with Gasteiger partial charge in [0.15, 0.2) is 5.82 Å². The molecule has 6 nitrogen and oxygen atoms in total. The van der Waals surface area contributed by atoms with Gasteiger partial charge in [-0.25, -0.2) is 0 Å². The van der Waals surface area contributed by atoms with E-state index >= 15 is 0 Å². The van der Waals surface area contributed by atoms with Crippen LogP contribution in [0.2, 0.25) is 0 Å². The van der Waals surface area contributed by atoms with Crippen molar-refractivity contribution in [3.63, 3.8) is 0 Å². The molecule has 3 rings (SSSR count). The summed E-state index contributed by atoms with van der Waals surface area (Å²) in [7, 11) is 1.75. The zero-order valence-corrected chi connectivity index (χ0v) is 11.9. The molecular weight excluding hydrogens is 268 g/mol. The Morgan fingerprint density at radius 2 is 2.10 bits per heavy atom. The maximum atomic E-state index is 12.0. The molecule has 0 saturated carbocycles. The van der Waals surface area contributed by atoms with E-state index in [9.17, 15) is 9.59 Å². The quantitative estimate of drug-likeness (QED) is 0.883. The summed E-state index contributed by atoms with van der Waals surface area (Å²) in [4.78, 5) is 23.3. The summed E-state index contributed by atoms with van der Waals surface area (Å²) in [5.41, 5.74) is 1.90.